The molecule has 0 aliphatic rings. The second-order valence-corrected chi connectivity index (χ2v) is 6.29. The second-order valence-electron chi connectivity index (χ2n) is 5.04. The van der Waals surface area contributed by atoms with Gasteiger partial charge in [0.1, 0.15) is 6.33 Å². The third-order valence-electron chi connectivity index (χ3n) is 3.63. The minimum absolute atomic E-state index is 1.01. The van der Waals surface area contributed by atoms with E-state index < -0.39 is 0 Å². The Hall–Kier alpha value is -2.21. The molecule has 4 aromatic rings. The zero-order valence-corrected chi connectivity index (χ0v) is 13.8. The van der Waals surface area contributed by atoms with Crippen molar-refractivity contribution in [1.29, 1.82) is 0 Å². The normalized spacial score (nSPS) is 11.0. The van der Waals surface area contributed by atoms with E-state index in [0.29, 0.717) is 0 Å². The topological polar surface area (TPSA) is 30.7 Å². The molecule has 0 amide bonds. The van der Waals surface area contributed by atoms with Gasteiger partial charge in [0.15, 0.2) is 0 Å². The van der Waals surface area contributed by atoms with Crippen LogP contribution in [0.1, 0.15) is 0 Å². The van der Waals surface area contributed by atoms with Crippen molar-refractivity contribution in [3.05, 3.63) is 76.9 Å². The van der Waals surface area contributed by atoms with E-state index in [-0.39, 0.29) is 0 Å². The molecule has 0 aliphatic heterocycles. The number of benzene rings is 2. The summed E-state index contributed by atoms with van der Waals surface area (Å²) in [4.78, 5) is 8.68. The molecule has 4 rings (SSSR count). The third kappa shape index (κ3) is 2.39. The zero-order chi connectivity index (χ0) is 14.9. The Balaban J connectivity index is 1.87. The summed E-state index contributed by atoms with van der Waals surface area (Å²) in [5, 5.41) is 0. The van der Waals surface area contributed by atoms with Crippen LogP contribution in [-0.2, 0) is 0 Å². The van der Waals surface area contributed by atoms with E-state index in [1.165, 1.54) is 3.57 Å². The van der Waals surface area contributed by atoms with Crippen molar-refractivity contribution in [1.82, 2.24) is 14.5 Å². The van der Waals surface area contributed by atoms with Gasteiger partial charge in [0.05, 0.1) is 11.0 Å². The fourth-order valence-corrected chi connectivity index (χ4v) is 3.03. The van der Waals surface area contributed by atoms with Gasteiger partial charge >= 0.3 is 0 Å². The van der Waals surface area contributed by atoms with Gasteiger partial charge in [-0.1, -0.05) is 18.2 Å². The Morgan fingerprint density at radius 1 is 0.909 bits per heavy atom. The molecular weight excluding hydrogens is 385 g/mol. The van der Waals surface area contributed by atoms with Crippen LogP contribution in [0.4, 0.5) is 0 Å². The number of rotatable bonds is 2. The lowest BCUT2D eigenvalue weighted by molar-refractivity contribution is 1.09. The molecule has 0 aliphatic carbocycles. The lowest BCUT2D eigenvalue weighted by Gasteiger charge is -2.07. The van der Waals surface area contributed by atoms with E-state index in [0.717, 1.165) is 27.8 Å². The third-order valence-corrected chi connectivity index (χ3v) is 4.30. The summed E-state index contributed by atoms with van der Waals surface area (Å²) < 4.78 is 3.33. The van der Waals surface area contributed by atoms with Crippen molar-refractivity contribution >= 4 is 33.6 Å². The van der Waals surface area contributed by atoms with Crippen molar-refractivity contribution in [2.75, 3.05) is 0 Å². The Morgan fingerprint density at radius 3 is 2.68 bits per heavy atom. The molecule has 2 aromatic carbocycles. The van der Waals surface area contributed by atoms with Crippen molar-refractivity contribution in [3.63, 3.8) is 0 Å². The Morgan fingerprint density at radius 2 is 1.82 bits per heavy atom. The van der Waals surface area contributed by atoms with Crippen LogP contribution in [0.2, 0.25) is 0 Å². The van der Waals surface area contributed by atoms with E-state index >= 15 is 0 Å². The monoisotopic (exact) mass is 397 g/mol. The smallest absolute Gasteiger partial charge is 0.100 e. The zero-order valence-electron chi connectivity index (χ0n) is 11.6. The lowest BCUT2D eigenvalue weighted by Crippen LogP contribution is -1.92. The highest BCUT2D eigenvalue weighted by molar-refractivity contribution is 14.1. The predicted molar refractivity (Wildman–Crippen MR) is 97.0 cm³/mol. The molecule has 0 saturated carbocycles. The molecule has 3 nitrogen and oxygen atoms in total. The molecule has 0 spiro atoms. The first kappa shape index (κ1) is 13.5. The van der Waals surface area contributed by atoms with Crippen LogP contribution >= 0.6 is 22.6 Å². The highest BCUT2D eigenvalue weighted by atomic mass is 127. The SMILES string of the molecule is Ic1ccc2ncn(-c3cccc(-c4cccnc4)c3)c2c1. The van der Waals surface area contributed by atoms with Gasteiger partial charge in [0, 0.05) is 27.2 Å². The molecule has 0 bridgehead atoms. The fourth-order valence-electron chi connectivity index (χ4n) is 2.56. The van der Waals surface area contributed by atoms with Gasteiger partial charge in [-0.3, -0.25) is 9.55 Å². The summed E-state index contributed by atoms with van der Waals surface area (Å²) >= 11 is 2.33. The molecule has 0 atom stereocenters. The summed E-state index contributed by atoms with van der Waals surface area (Å²) in [6.07, 6.45) is 5.55. The van der Waals surface area contributed by atoms with E-state index in [2.05, 4.69) is 85.7 Å². The molecule has 0 N–H and O–H groups in total. The summed E-state index contributed by atoms with van der Waals surface area (Å²) in [6.45, 7) is 0. The summed E-state index contributed by atoms with van der Waals surface area (Å²) in [6, 6.07) is 18.7. The first-order chi connectivity index (χ1) is 10.8. The van der Waals surface area contributed by atoms with Crippen molar-refractivity contribution in [2.24, 2.45) is 0 Å². The Labute approximate surface area is 141 Å². The predicted octanol–water partition coefficient (Wildman–Crippen LogP) is 4.69. The van der Waals surface area contributed by atoms with Gasteiger partial charge < -0.3 is 0 Å². The van der Waals surface area contributed by atoms with Crippen molar-refractivity contribution in [2.45, 2.75) is 0 Å². The van der Waals surface area contributed by atoms with Crippen molar-refractivity contribution in [3.8, 4) is 16.8 Å². The van der Waals surface area contributed by atoms with Gasteiger partial charge in [-0.05, 0) is 64.6 Å². The molecule has 0 fully saturated rings. The second kappa shape index (κ2) is 5.53. The maximum absolute atomic E-state index is 4.49. The maximum Gasteiger partial charge on any atom is 0.100 e. The first-order valence-corrected chi connectivity index (χ1v) is 8.02. The molecule has 0 unspecified atom stereocenters. The van der Waals surface area contributed by atoms with Crippen LogP contribution in [-0.4, -0.2) is 14.5 Å². The summed E-state index contributed by atoms with van der Waals surface area (Å²) in [5.41, 5.74) is 5.50. The van der Waals surface area contributed by atoms with Crippen LogP contribution in [0.15, 0.2) is 73.3 Å². The minimum Gasteiger partial charge on any atom is -0.299 e. The number of halogens is 1. The molecule has 22 heavy (non-hydrogen) atoms. The van der Waals surface area contributed by atoms with Crippen LogP contribution < -0.4 is 0 Å². The van der Waals surface area contributed by atoms with E-state index in [1.54, 1.807) is 6.20 Å². The average Bonchev–Trinajstić information content (AvgIpc) is 2.99. The van der Waals surface area contributed by atoms with Crippen molar-refractivity contribution < 1.29 is 0 Å². The van der Waals surface area contributed by atoms with Crippen LogP contribution in [0, 0.1) is 3.57 Å². The number of aromatic nitrogens is 3. The van der Waals surface area contributed by atoms with Crippen LogP contribution in [0.3, 0.4) is 0 Å². The Bertz CT molecular complexity index is 945. The number of hydrogen-bond acceptors (Lipinski definition) is 2. The molecular formula is C18H12IN3. The van der Waals surface area contributed by atoms with E-state index in [9.17, 15) is 0 Å². The number of nitrogens with zero attached hydrogens (tertiary/aromatic N) is 3. The quantitative estimate of drug-likeness (QED) is 0.460. The van der Waals surface area contributed by atoms with E-state index in [4.69, 9.17) is 0 Å². The molecule has 0 saturated heterocycles. The largest absolute Gasteiger partial charge is 0.299 e. The summed E-state index contributed by atoms with van der Waals surface area (Å²) in [5.74, 6) is 0. The molecule has 106 valence electrons. The lowest BCUT2D eigenvalue weighted by atomic mass is 10.1. The standard InChI is InChI=1S/C18H12IN3/c19-15-6-7-17-18(10-15)22(12-21-17)16-5-1-3-13(9-16)14-4-2-8-20-11-14/h1-12H. The van der Waals surface area contributed by atoms with Crippen LogP contribution in [0.25, 0.3) is 27.8 Å². The summed E-state index contributed by atoms with van der Waals surface area (Å²) in [7, 11) is 0. The van der Waals surface area contributed by atoms with Gasteiger partial charge in [0.2, 0.25) is 0 Å². The average molecular weight is 397 g/mol. The number of imidazole rings is 1. The maximum atomic E-state index is 4.49. The molecule has 0 radical (unpaired) electrons. The number of pyridine rings is 1. The van der Waals surface area contributed by atoms with Gasteiger partial charge in [-0.15, -0.1) is 0 Å². The number of hydrogen-bond donors (Lipinski definition) is 0. The Kier molecular flexibility index (Phi) is 3.38. The molecule has 4 heteroatoms. The van der Waals surface area contributed by atoms with Crippen LogP contribution in [0.5, 0.6) is 0 Å². The van der Waals surface area contributed by atoms with E-state index in [1.807, 2.05) is 18.6 Å². The first-order valence-electron chi connectivity index (χ1n) is 6.95. The number of fused-ring (bicyclic) bond motifs is 1. The minimum atomic E-state index is 1.01. The highest BCUT2D eigenvalue weighted by Crippen LogP contribution is 2.24. The highest BCUT2D eigenvalue weighted by Gasteiger charge is 2.06. The fraction of sp³-hybridized carbons (Fsp3) is 0. The molecule has 2 aromatic heterocycles. The van der Waals surface area contributed by atoms with Gasteiger partial charge in [-0.2, -0.15) is 0 Å². The van der Waals surface area contributed by atoms with Gasteiger partial charge in [0.25, 0.3) is 0 Å². The molecule has 2 heterocycles. The van der Waals surface area contributed by atoms with Gasteiger partial charge in [-0.25, -0.2) is 4.98 Å².